The van der Waals surface area contributed by atoms with Crippen molar-refractivity contribution in [3.63, 3.8) is 0 Å². The SMILES string of the molecule is CC(C)c1ccc(-c2cc(F)ccc2F)cc1.CC(C)c1ccc(-c2ccccn2)cc1. The van der Waals surface area contributed by atoms with E-state index in [2.05, 4.69) is 56.9 Å². The first-order chi connectivity index (χ1) is 15.3. The van der Waals surface area contributed by atoms with Gasteiger partial charge in [-0.1, -0.05) is 82.3 Å². The van der Waals surface area contributed by atoms with Crippen LogP contribution in [0.5, 0.6) is 0 Å². The Morgan fingerprint density at radius 2 is 1.19 bits per heavy atom. The molecule has 0 aliphatic rings. The molecule has 0 amide bonds. The number of benzene rings is 3. The Hall–Kier alpha value is -3.33. The Kier molecular flexibility index (Phi) is 7.88. The minimum Gasteiger partial charge on any atom is -0.256 e. The van der Waals surface area contributed by atoms with Crippen LogP contribution < -0.4 is 0 Å². The molecule has 3 aromatic carbocycles. The Labute approximate surface area is 189 Å². The third-order valence-electron chi connectivity index (χ3n) is 5.35. The van der Waals surface area contributed by atoms with Gasteiger partial charge < -0.3 is 0 Å². The Morgan fingerprint density at radius 3 is 1.69 bits per heavy atom. The fraction of sp³-hybridized carbons (Fsp3) is 0.207. The van der Waals surface area contributed by atoms with Crippen LogP contribution in [0.25, 0.3) is 22.4 Å². The molecular formula is C29H29F2N. The molecular weight excluding hydrogens is 400 g/mol. The minimum atomic E-state index is -0.422. The first kappa shape index (κ1) is 23.3. The molecule has 0 atom stereocenters. The average molecular weight is 430 g/mol. The van der Waals surface area contributed by atoms with Crippen LogP contribution in [-0.2, 0) is 0 Å². The van der Waals surface area contributed by atoms with Crippen molar-refractivity contribution in [2.24, 2.45) is 0 Å². The van der Waals surface area contributed by atoms with Crippen molar-refractivity contribution in [1.29, 1.82) is 0 Å². The maximum absolute atomic E-state index is 13.5. The van der Waals surface area contributed by atoms with Crippen LogP contribution in [0.4, 0.5) is 8.78 Å². The van der Waals surface area contributed by atoms with E-state index in [-0.39, 0.29) is 0 Å². The summed E-state index contributed by atoms with van der Waals surface area (Å²) in [6.45, 7) is 8.60. The summed E-state index contributed by atoms with van der Waals surface area (Å²) in [4.78, 5) is 4.32. The van der Waals surface area contributed by atoms with Crippen molar-refractivity contribution in [3.8, 4) is 22.4 Å². The molecule has 1 aromatic heterocycles. The van der Waals surface area contributed by atoms with E-state index in [1.165, 1.54) is 22.8 Å². The van der Waals surface area contributed by atoms with Crippen molar-refractivity contribution in [3.05, 3.63) is 114 Å². The van der Waals surface area contributed by atoms with E-state index in [0.29, 0.717) is 23.0 Å². The number of halogens is 2. The summed E-state index contributed by atoms with van der Waals surface area (Å²) in [7, 11) is 0. The molecule has 0 spiro atoms. The lowest BCUT2D eigenvalue weighted by atomic mass is 9.98. The fourth-order valence-corrected chi connectivity index (χ4v) is 3.34. The molecule has 0 aliphatic heterocycles. The van der Waals surface area contributed by atoms with Crippen LogP contribution in [-0.4, -0.2) is 4.98 Å². The minimum absolute atomic E-state index is 0.306. The molecule has 0 bridgehead atoms. The highest BCUT2D eigenvalue weighted by atomic mass is 19.1. The number of hydrogen-bond donors (Lipinski definition) is 0. The van der Waals surface area contributed by atoms with Gasteiger partial charge in [0, 0.05) is 17.3 Å². The van der Waals surface area contributed by atoms with Gasteiger partial charge in [0.1, 0.15) is 11.6 Å². The van der Waals surface area contributed by atoms with Gasteiger partial charge in [0.05, 0.1) is 5.69 Å². The number of hydrogen-bond acceptors (Lipinski definition) is 1. The first-order valence-electron chi connectivity index (χ1n) is 10.9. The van der Waals surface area contributed by atoms with Crippen molar-refractivity contribution in [1.82, 2.24) is 4.98 Å². The van der Waals surface area contributed by atoms with E-state index in [4.69, 9.17) is 0 Å². The molecule has 4 rings (SSSR count). The van der Waals surface area contributed by atoms with Crippen LogP contribution in [0.1, 0.15) is 50.7 Å². The predicted molar refractivity (Wildman–Crippen MR) is 130 cm³/mol. The van der Waals surface area contributed by atoms with Gasteiger partial charge in [-0.2, -0.15) is 0 Å². The molecule has 0 N–H and O–H groups in total. The van der Waals surface area contributed by atoms with Crippen molar-refractivity contribution in [2.45, 2.75) is 39.5 Å². The Bertz CT molecular complexity index is 1120. The zero-order valence-electron chi connectivity index (χ0n) is 19.0. The monoisotopic (exact) mass is 429 g/mol. The Balaban J connectivity index is 0.000000182. The largest absolute Gasteiger partial charge is 0.256 e. The molecule has 1 nitrogen and oxygen atoms in total. The molecule has 0 saturated heterocycles. The molecule has 0 unspecified atom stereocenters. The quantitative estimate of drug-likeness (QED) is 0.316. The highest BCUT2D eigenvalue weighted by Gasteiger charge is 2.07. The second-order valence-corrected chi connectivity index (χ2v) is 8.39. The molecule has 1 heterocycles. The molecule has 0 fully saturated rings. The normalized spacial score (nSPS) is 10.8. The standard InChI is InChI=1S/C15H14F2.C14H15N/c1-10(2)11-3-5-12(6-4-11)14-9-13(16)7-8-15(14)17;1-11(2)12-6-8-13(9-7-12)14-5-3-4-10-15-14/h3-10H,1-2H3;3-11H,1-2H3. The second kappa shape index (κ2) is 10.8. The molecule has 0 radical (unpaired) electrons. The van der Waals surface area contributed by atoms with E-state index < -0.39 is 11.6 Å². The summed E-state index contributed by atoms with van der Waals surface area (Å²) in [6, 6.07) is 25.7. The van der Waals surface area contributed by atoms with Gasteiger partial charge in [-0.05, 0) is 58.9 Å². The maximum Gasteiger partial charge on any atom is 0.131 e. The molecule has 4 aromatic rings. The van der Waals surface area contributed by atoms with Gasteiger partial charge >= 0.3 is 0 Å². The van der Waals surface area contributed by atoms with E-state index in [9.17, 15) is 8.78 Å². The predicted octanol–water partition coefficient (Wildman–Crippen LogP) is 8.63. The lowest BCUT2D eigenvalue weighted by Crippen LogP contribution is -1.89. The molecule has 3 heteroatoms. The second-order valence-electron chi connectivity index (χ2n) is 8.39. The highest BCUT2D eigenvalue weighted by Crippen LogP contribution is 2.25. The molecule has 0 aliphatic carbocycles. The van der Waals surface area contributed by atoms with Gasteiger partial charge in [-0.25, -0.2) is 8.78 Å². The molecule has 164 valence electrons. The van der Waals surface area contributed by atoms with Crippen LogP contribution in [0.2, 0.25) is 0 Å². The third-order valence-corrected chi connectivity index (χ3v) is 5.35. The van der Waals surface area contributed by atoms with Crippen LogP contribution >= 0.6 is 0 Å². The summed E-state index contributed by atoms with van der Waals surface area (Å²) in [5.41, 5.74) is 5.78. The van der Waals surface area contributed by atoms with Gasteiger partial charge in [0.15, 0.2) is 0 Å². The number of pyridine rings is 1. The van der Waals surface area contributed by atoms with Crippen molar-refractivity contribution in [2.75, 3.05) is 0 Å². The first-order valence-corrected chi connectivity index (χ1v) is 10.9. The Morgan fingerprint density at radius 1 is 0.625 bits per heavy atom. The van der Waals surface area contributed by atoms with Crippen LogP contribution in [0.15, 0.2) is 91.1 Å². The molecule has 0 saturated carbocycles. The fourth-order valence-electron chi connectivity index (χ4n) is 3.34. The lowest BCUT2D eigenvalue weighted by molar-refractivity contribution is 0.603. The smallest absolute Gasteiger partial charge is 0.131 e. The number of aromatic nitrogens is 1. The summed E-state index contributed by atoms with van der Waals surface area (Å²) in [5.74, 6) is 0.197. The van der Waals surface area contributed by atoms with E-state index >= 15 is 0 Å². The van der Waals surface area contributed by atoms with Crippen molar-refractivity contribution < 1.29 is 8.78 Å². The summed E-state index contributed by atoms with van der Waals surface area (Å²) in [6.07, 6.45) is 1.83. The summed E-state index contributed by atoms with van der Waals surface area (Å²) in [5, 5.41) is 0. The van der Waals surface area contributed by atoms with Crippen LogP contribution in [0, 0.1) is 11.6 Å². The average Bonchev–Trinajstić information content (AvgIpc) is 2.82. The van der Waals surface area contributed by atoms with Crippen molar-refractivity contribution >= 4 is 0 Å². The zero-order chi connectivity index (χ0) is 23.1. The topological polar surface area (TPSA) is 12.9 Å². The van der Waals surface area contributed by atoms with E-state index in [1.54, 1.807) is 0 Å². The summed E-state index contributed by atoms with van der Waals surface area (Å²) < 4.78 is 26.6. The maximum atomic E-state index is 13.5. The lowest BCUT2D eigenvalue weighted by Gasteiger charge is -2.08. The van der Waals surface area contributed by atoms with Gasteiger partial charge in [0.25, 0.3) is 0 Å². The van der Waals surface area contributed by atoms with E-state index in [0.717, 1.165) is 17.8 Å². The highest BCUT2D eigenvalue weighted by molar-refractivity contribution is 5.64. The van der Waals surface area contributed by atoms with Gasteiger partial charge in [-0.15, -0.1) is 0 Å². The molecule has 32 heavy (non-hydrogen) atoms. The van der Waals surface area contributed by atoms with E-state index in [1.807, 2.05) is 48.7 Å². The third kappa shape index (κ3) is 6.10. The van der Waals surface area contributed by atoms with Gasteiger partial charge in [0.2, 0.25) is 0 Å². The van der Waals surface area contributed by atoms with Gasteiger partial charge in [-0.3, -0.25) is 4.98 Å². The zero-order valence-corrected chi connectivity index (χ0v) is 19.0. The van der Waals surface area contributed by atoms with Crippen LogP contribution in [0.3, 0.4) is 0 Å². The number of rotatable bonds is 4. The number of nitrogens with zero attached hydrogens (tertiary/aromatic N) is 1. The summed E-state index contributed by atoms with van der Waals surface area (Å²) >= 11 is 0.